The predicted molar refractivity (Wildman–Crippen MR) is 55.0 cm³/mol. The Labute approximate surface area is 103 Å². The van der Waals surface area contributed by atoms with Gasteiger partial charge < -0.3 is 24.0 Å². The van der Waals surface area contributed by atoms with Crippen LogP contribution in [0.1, 0.15) is 26.5 Å². The van der Waals surface area contributed by atoms with Gasteiger partial charge in [0.2, 0.25) is 5.69 Å². The highest BCUT2D eigenvalue weighted by Crippen LogP contribution is 2.05. The summed E-state index contributed by atoms with van der Waals surface area (Å²) in [4.78, 5) is 4.44. The molecule has 1 aromatic rings. The standard InChI is InChI=1S/C11H17N2.HI/c1-11(2,3)12-9-10-7-5-6-8-13(10)4;/h5-9H,1-4H3;1H/q+1;/p-1. The maximum Gasteiger partial charge on any atom is 0.222 e. The van der Waals surface area contributed by atoms with Gasteiger partial charge in [0.1, 0.15) is 7.05 Å². The quantitative estimate of drug-likeness (QED) is 0.350. The predicted octanol–water partition coefficient (Wildman–Crippen LogP) is -1.27. The molecule has 2 nitrogen and oxygen atoms in total. The molecule has 14 heavy (non-hydrogen) atoms. The molecule has 1 rings (SSSR count). The highest BCUT2D eigenvalue weighted by molar-refractivity contribution is 5.75. The fraction of sp³-hybridized carbons (Fsp3) is 0.455. The molecule has 1 heterocycles. The number of aryl methyl sites for hydroxylation is 1. The molecule has 0 bridgehead atoms. The first-order chi connectivity index (χ1) is 5.99. The zero-order valence-corrected chi connectivity index (χ0v) is 11.3. The molecule has 0 aliphatic rings. The second-order valence-corrected chi connectivity index (χ2v) is 4.17. The van der Waals surface area contributed by atoms with Crippen molar-refractivity contribution in [1.29, 1.82) is 0 Å². The second kappa shape index (κ2) is 5.44. The summed E-state index contributed by atoms with van der Waals surface area (Å²) in [5, 5.41) is 0. The van der Waals surface area contributed by atoms with Gasteiger partial charge in [-0.05, 0) is 26.8 Å². The molecule has 0 aromatic carbocycles. The van der Waals surface area contributed by atoms with E-state index in [2.05, 4.69) is 36.4 Å². The lowest BCUT2D eigenvalue weighted by Crippen LogP contribution is -3.00. The molecular weight excluding hydrogens is 287 g/mol. The van der Waals surface area contributed by atoms with Crippen LogP contribution in [0.3, 0.4) is 0 Å². The molecule has 0 radical (unpaired) electrons. The van der Waals surface area contributed by atoms with Gasteiger partial charge >= 0.3 is 0 Å². The molecule has 0 spiro atoms. The fourth-order valence-corrected chi connectivity index (χ4v) is 0.930. The van der Waals surface area contributed by atoms with Crippen molar-refractivity contribution in [2.75, 3.05) is 0 Å². The van der Waals surface area contributed by atoms with Crippen LogP contribution in [0.25, 0.3) is 0 Å². The first-order valence-electron chi connectivity index (χ1n) is 4.49. The topological polar surface area (TPSA) is 16.2 Å². The highest BCUT2D eigenvalue weighted by atomic mass is 127. The molecule has 78 valence electrons. The van der Waals surface area contributed by atoms with Crippen molar-refractivity contribution in [2.45, 2.75) is 26.3 Å². The van der Waals surface area contributed by atoms with Gasteiger partial charge in [-0.3, -0.25) is 4.99 Å². The van der Waals surface area contributed by atoms with Crippen molar-refractivity contribution in [3.05, 3.63) is 30.1 Å². The highest BCUT2D eigenvalue weighted by Gasteiger charge is 2.07. The van der Waals surface area contributed by atoms with Gasteiger partial charge in [-0.2, -0.15) is 0 Å². The van der Waals surface area contributed by atoms with Crippen molar-refractivity contribution in [3.8, 4) is 0 Å². The summed E-state index contributed by atoms with van der Waals surface area (Å²) < 4.78 is 2.05. The maximum absolute atomic E-state index is 4.44. The van der Waals surface area contributed by atoms with Crippen molar-refractivity contribution >= 4 is 6.21 Å². The number of aromatic nitrogens is 1. The normalized spacial score (nSPS) is 11.4. The van der Waals surface area contributed by atoms with E-state index in [1.54, 1.807) is 0 Å². The molecule has 1 aromatic heterocycles. The van der Waals surface area contributed by atoms with Crippen molar-refractivity contribution < 1.29 is 28.5 Å². The molecule has 0 saturated carbocycles. The van der Waals surface area contributed by atoms with E-state index in [-0.39, 0.29) is 29.5 Å². The minimum absolute atomic E-state index is 0. The van der Waals surface area contributed by atoms with Gasteiger partial charge in [-0.25, -0.2) is 4.57 Å². The monoisotopic (exact) mass is 304 g/mol. The van der Waals surface area contributed by atoms with Crippen molar-refractivity contribution in [3.63, 3.8) is 0 Å². The van der Waals surface area contributed by atoms with Crippen LogP contribution < -0.4 is 28.5 Å². The van der Waals surface area contributed by atoms with Crippen molar-refractivity contribution in [1.82, 2.24) is 0 Å². The van der Waals surface area contributed by atoms with E-state index in [9.17, 15) is 0 Å². The van der Waals surface area contributed by atoms with Crippen LogP contribution in [-0.4, -0.2) is 11.8 Å². The lowest BCUT2D eigenvalue weighted by atomic mass is 10.1. The smallest absolute Gasteiger partial charge is 0.222 e. The summed E-state index contributed by atoms with van der Waals surface area (Å²) in [7, 11) is 2.02. The summed E-state index contributed by atoms with van der Waals surface area (Å²) in [6, 6.07) is 6.08. The molecule has 0 atom stereocenters. The van der Waals surface area contributed by atoms with Gasteiger partial charge in [-0.15, -0.1) is 0 Å². The number of pyridine rings is 1. The Bertz CT molecular complexity index is 313. The van der Waals surface area contributed by atoms with Crippen molar-refractivity contribution in [2.24, 2.45) is 12.0 Å². The lowest BCUT2D eigenvalue weighted by molar-refractivity contribution is -0.672. The van der Waals surface area contributed by atoms with Crippen LogP contribution in [0.4, 0.5) is 0 Å². The first kappa shape index (κ1) is 13.5. The first-order valence-corrected chi connectivity index (χ1v) is 4.49. The lowest BCUT2D eigenvalue weighted by Gasteiger charge is -2.09. The van der Waals surface area contributed by atoms with Crippen LogP contribution in [0.2, 0.25) is 0 Å². The number of hydrogen-bond acceptors (Lipinski definition) is 1. The Morgan fingerprint density at radius 1 is 1.29 bits per heavy atom. The Balaban J connectivity index is 0.00000169. The maximum atomic E-state index is 4.44. The zero-order chi connectivity index (χ0) is 9.90. The van der Waals surface area contributed by atoms with E-state index >= 15 is 0 Å². The van der Waals surface area contributed by atoms with Crippen LogP contribution >= 0.6 is 0 Å². The molecular formula is C11H17IN2. The summed E-state index contributed by atoms with van der Waals surface area (Å²) >= 11 is 0. The number of aliphatic imine (C=N–C) groups is 1. The average Bonchev–Trinajstić information content (AvgIpc) is 2.01. The molecule has 0 aliphatic carbocycles. The van der Waals surface area contributed by atoms with Crippen LogP contribution in [0, 0.1) is 0 Å². The van der Waals surface area contributed by atoms with E-state index in [0.717, 1.165) is 5.69 Å². The van der Waals surface area contributed by atoms with Crippen LogP contribution in [0.15, 0.2) is 29.4 Å². The molecule has 0 fully saturated rings. The van der Waals surface area contributed by atoms with E-state index in [1.807, 2.05) is 31.6 Å². The van der Waals surface area contributed by atoms with Gasteiger partial charge in [0, 0.05) is 12.1 Å². The summed E-state index contributed by atoms with van der Waals surface area (Å²) in [5.74, 6) is 0. The van der Waals surface area contributed by atoms with Crippen LogP contribution in [-0.2, 0) is 7.05 Å². The summed E-state index contributed by atoms with van der Waals surface area (Å²) in [6.45, 7) is 6.27. The SMILES string of the molecule is C[n+]1ccccc1C=NC(C)(C)C.[I-]. The molecule has 3 heteroatoms. The molecule has 0 amide bonds. The number of nitrogens with zero attached hydrogens (tertiary/aromatic N) is 2. The fourth-order valence-electron chi connectivity index (χ4n) is 0.930. The summed E-state index contributed by atoms with van der Waals surface area (Å²) in [5.41, 5.74) is 1.13. The largest absolute Gasteiger partial charge is 1.00 e. The van der Waals surface area contributed by atoms with E-state index in [1.165, 1.54) is 0 Å². The average molecular weight is 304 g/mol. The Hall–Kier alpha value is -0.450. The van der Waals surface area contributed by atoms with E-state index in [4.69, 9.17) is 0 Å². The molecule has 0 N–H and O–H groups in total. The molecule has 0 unspecified atom stereocenters. The number of rotatable bonds is 1. The van der Waals surface area contributed by atoms with Crippen LogP contribution in [0.5, 0.6) is 0 Å². The second-order valence-electron chi connectivity index (χ2n) is 4.17. The third kappa shape index (κ3) is 4.69. The van der Waals surface area contributed by atoms with Gasteiger partial charge in [0.15, 0.2) is 6.20 Å². The number of halogens is 1. The summed E-state index contributed by atoms with van der Waals surface area (Å²) in [6.07, 6.45) is 3.93. The Morgan fingerprint density at radius 3 is 2.43 bits per heavy atom. The molecule has 0 aliphatic heterocycles. The van der Waals surface area contributed by atoms with Gasteiger partial charge in [0.05, 0.1) is 11.8 Å². The Morgan fingerprint density at radius 2 is 1.93 bits per heavy atom. The van der Waals surface area contributed by atoms with Gasteiger partial charge in [-0.1, -0.05) is 0 Å². The Kier molecular flexibility index (Phi) is 5.26. The van der Waals surface area contributed by atoms with Gasteiger partial charge in [0.25, 0.3) is 0 Å². The molecule has 0 saturated heterocycles. The zero-order valence-electron chi connectivity index (χ0n) is 9.16. The minimum atomic E-state index is 0. The third-order valence-corrected chi connectivity index (χ3v) is 1.68. The third-order valence-electron chi connectivity index (χ3n) is 1.68. The minimum Gasteiger partial charge on any atom is -1.00 e. The van der Waals surface area contributed by atoms with E-state index < -0.39 is 0 Å². The number of hydrogen-bond donors (Lipinski definition) is 0. The van der Waals surface area contributed by atoms with E-state index in [0.29, 0.717) is 0 Å².